The van der Waals surface area contributed by atoms with Crippen LogP contribution in [0.15, 0.2) is 29.9 Å². The second-order valence-electron chi connectivity index (χ2n) is 2.65. The molecule has 0 aliphatic carbocycles. The molecule has 3 nitrogen and oxygen atoms in total. The van der Waals surface area contributed by atoms with Crippen molar-refractivity contribution < 1.29 is 0 Å². The van der Waals surface area contributed by atoms with Gasteiger partial charge < -0.3 is 5.32 Å². The lowest BCUT2D eigenvalue weighted by atomic mass is 10.4. The SMILES string of the molecule is Clc1ccc(NCc2nccs2)cn1. The van der Waals surface area contributed by atoms with Gasteiger partial charge in [0.2, 0.25) is 0 Å². The quantitative estimate of drug-likeness (QED) is 0.817. The zero-order valence-corrected chi connectivity index (χ0v) is 8.85. The number of aromatic nitrogens is 2. The Kier molecular flexibility index (Phi) is 2.96. The lowest BCUT2D eigenvalue weighted by Crippen LogP contribution is -1.98. The van der Waals surface area contributed by atoms with Crippen molar-refractivity contribution in [2.24, 2.45) is 0 Å². The van der Waals surface area contributed by atoms with E-state index in [0.717, 1.165) is 17.2 Å². The third kappa shape index (κ3) is 2.43. The summed E-state index contributed by atoms with van der Waals surface area (Å²) >= 11 is 7.29. The van der Waals surface area contributed by atoms with Crippen molar-refractivity contribution in [2.45, 2.75) is 6.54 Å². The summed E-state index contributed by atoms with van der Waals surface area (Å²) in [4.78, 5) is 8.12. The summed E-state index contributed by atoms with van der Waals surface area (Å²) in [6.45, 7) is 0.723. The molecule has 0 atom stereocenters. The summed E-state index contributed by atoms with van der Waals surface area (Å²) in [5.74, 6) is 0. The second-order valence-corrected chi connectivity index (χ2v) is 4.02. The van der Waals surface area contributed by atoms with Crippen LogP contribution in [0.25, 0.3) is 0 Å². The van der Waals surface area contributed by atoms with Crippen molar-refractivity contribution in [3.05, 3.63) is 40.1 Å². The standard InChI is InChI=1S/C9H8ClN3S/c10-8-2-1-7(5-13-8)12-6-9-11-3-4-14-9/h1-5,12H,6H2. The molecule has 2 aromatic rings. The van der Waals surface area contributed by atoms with E-state index in [1.807, 2.05) is 11.4 Å². The van der Waals surface area contributed by atoms with Gasteiger partial charge in [-0.3, -0.25) is 0 Å². The Bertz CT molecular complexity index is 385. The Morgan fingerprint density at radius 2 is 2.29 bits per heavy atom. The third-order valence-corrected chi connectivity index (χ3v) is 2.66. The van der Waals surface area contributed by atoms with Crippen LogP contribution in [0.5, 0.6) is 0 Å². The highest BCUT2D eigenvalue weighted by Crippen LogP contribution is 2.12. The molecule has 2 rings (SSSR count). The molecule has 2 aromatic heterocycles. The zero-order chi connectivity index (χ0) is 9.80. The van der Waals surface area contributed by atoms with Gasteiger partial charge in [0.1, 0.15) is 10.2 Å². The first kappa shape index (κ1) is 9.43. The molecule has 0 aliphatic rings. The van der Waals surface area contributed by atoms with E-state index in [2.05, 4.69) is 15.3 Å². The van der Waals surface area contributed by atoms with E-state index in [1.54, 1.807) is 29.8 Å². The Hall–Kier alpha value is -1.13. The molecule has 0 saturated carbocycles. The van der Waals surface area contributed by atoms with Gasteiger partial charge in [0.15, 0.2) is 0 Å². The zero-order valence-electron chi connectivity index (χ0n) is 7.27. The lowest BCUT2D eigenvalue weighted by Gasteiger charge is -2.02. The summed E-state index contributed by atoms with van der Waals surface area (Å²) in [5, 5.41) is 6.72. The van der Waals surface area contributed by atoms with E-state index in [0.29, 0.717) is 5.15 Å². The van der Waals surface area contributed by atoms with Gasteiger partial charge in [-0.1, -0.05) is 11.6 Å². The van der Waals surface area contributed by atoms with Gasteiger partial charge in [-0.2, -0.15) is 0 Å². The van der Waals surface area contributed by atoms with Crippen molar-refractivity contribution in [1.29, 1.82) is 0 Å². The molecule has 0 saturated heterocycles. The molecule has 0 aromatic carbocycles. The van der Waals surface area contributed by atoms with E-state index in [-0.39, 0.29) is 0 Å². The summed E-state index contributed by atoms with van der Waals surface area (Å²) in [7, 11) is 0. The maximum Gasteiger partial charge on any atom is 0.129 e. The molecule has 72 valence electrons. The number of rotatable bonds is 3. The van der Waals surface area contributed by atoms with Crippen molar-refractivity contribution in [1.82, 2.24) is 9.97 Å². The van der Waals surface area contributed by atoms with Gasteiger partial charge in [0.25, 0.3) is 0 Å². The Balaban J connectivity index is 1.95. The van der Waals surface area contributed by atoms with Crippen molar-refractivity contribution >= 4 is 28.6 Å². The van der Waals surface area contributed by atoms with Gasteiger partial charge in [0, 0.05) is 11.6 Å². The molecule has 0 spiro atoms. The number of hydrogen-bond donors (Lipinski definition) is 1. The molecular formula is C9H8ClN3S. The van der Waals surface area contributed by atoms with Crippen molar-refractivity contribution in [2.75, 3.05) is 5.32 Å². The van der Waals surface area contributed by atoms with Gasteiger partial charge in [0.05, 0.1) is 18.4 Å². The number of nitrogens with zero attached hydrogens (tertiary/aromatic N) is 2. The fourth-order valence-corrected chi connectivity index (χ4v) is 1.67. The maximum atomic E-state index is 5.66. The van der Waals surface area contributed by atoms with E-state index >= 15 is 0 Å². The van der Waals surface area contributed by atoms with Crippen LogP contribution in [0.4, 0.5) is 5.69 Å². The minimum absolute atomic E-state index is 0.504. The van der Waals surface area contributed by atoms with Crippen molar-refractivity contribution in [3.63, 3.8) is 0 Å². The first-order valence-electron chi connectivity index (χ1n) is 4.08. The normalized spacial score (nSPS) is 10.1. The van der Waals surface area contributed by atoms with Crippen LogP contribution >= 0.6 is 22.9 Å². The Morgan fingerprint density at radius 3 is 2.93 bits per heavy atom. The summed E-state index contributed by atoms with van der Waals surface area (Å²) in [6, 6.07) is 3.65. The van der Waals surface area contributed by atoms with Gasteiger partial charge >= 0.3 is 0 Å². The van der Waals surface area contributed by atoms with Gasteiger partial charge in [-0.05, 0) is 12.1 Å². The van der Waals surface area contributed by atoms with Gasteiger partial charge in [-0.15, -0.1) is 11.3 Å². The molecular weight excluding hydrogens is 218 g/mol. The largest absolute Gasteiger partial charge is 0.377 e. The highest BCUT2D eigenvalue weighted by atomic mass is 35.5. The van der Waals surface area contributed by atoms with E-state index in [4.69, 9.17) is 11.6 Å². The first-order valence-corrected chi connectivity index (χ1v) is 5.34. The number of thiazole rings is 1. The van der Waals surface area contributed by atoms with Crippen molar-refractivity contribution in [3.8, 4) is 0 Å². The highest BCUT2D eigenvalue weighted by Gasteiger charge is 1.96. The Morgan fingerprint density at radius 1 is 1.36 bits per heavy atom. The fraction of sp³-hybridized carbons (Fsp3) is 0.111. The number of pyridine rings is 1. The molecule has 14 heavy (non-hydrogen) atoms. The average Bonchev–Trinajstić information content (AvgIpc) is 2.70. The fourth-order valence-electron chi connectivity index (χ4n) is 0.998. The minimum atomic E-state index is 0.504. The highest BCUT2D eigenvalue weighted by molar-refractivity contribution is 7.09. The van der Waals surface area contributed by atoms with Crippen LogP contribution in [-0.4, -0.2) is 9.97 Å². The van der Waals surface area contributed by atoms with Crippen LogP contribution < -0.4 is 5.32 Å². The molecule has 1 N–H and O–H groups in total. The molecule has 2 heterocycles. The second kappa shape index (κ2) is 4.39. The molecule has 0 fully saturated rings. The topological polar surface area (TPSA) is 37.8 Å². The minimum Gasteiger partial charge on any atom is -0.377 e. The predicted octanol–water partition coefficient (Wildman–Crippen LogP) is 2.80. The molecule has 0 bridgehead atoms. The van der Waals surface area contributed by atoms with Crippen LogP contribution in [0, 0.1) is 0 Å². The van der Waals surface area contributed by atoms with Crippen LogP contribution in [0.1, 0.15) is 5.01 Å². The van der Waals surface area contributed by atoms with Crippen LogP contribution in [0.3, 0.4) is 0 Å². The third-order valence-electron chi connectivity index (χ3n) is 1.65. The number of anilines is 1. The van der Waals surface area contributed by atoms with E-state index in [9.17, 15) is 0 Å². The number of hydrogen-bond acceptors (Lipinski definition) is 4. The first-order chi connectivity index (χ1) is 6.84. The molecule has 0 aliphatic heterocycles. The van der Waals surface area contributed by atoms with E-state index in [1.165, 1.54) is 0 Å². The Labute approximate surface area is 90.8 Å². The average molecular weight is 226 g/mol. The van der Waals surface area contributed by atoms with Gasteiger partial charge in [-0.25, -0.2) is 9.97 Å². The predicted molar refractivity (Wildman–Crippen MR) is 58.7 cm³/mol. The molecule has 0 amide bonds. The maximum absolute atomic E-state index is 5.66. The number of halogens is 1. The molecule has 0 unspecified atom stereocenters. The number of nitrogens with one attached hydrogen (secondary N) is 1. The lowest BCUT2D eigenvalue weighted by molar-refractivity contribution is 1.10. The monoisotopic (exact) mass is 225 g/mol. The van der Waals surface area contributed by atoms with Crippen LogP contribution in [-0.2, 0) is 6.54 Å². The summed E-state index contributed by atoms with van der Waals surface area (Å²) < 4.78 is 0. The van der Waals surface area contributed by atoms with E-state index < -0.39 is 0 Å². The molecule has 5 heteroatoms. The summed E-state index contributed by atoms with van der Waals surface area (Å²) in [5.41, 5.74) is 0.949. The smallest absolute Gasteiger partial charge is 0.129 e. The van der Waals surface area contributed by atoms with Crippen LogP contribution in [0.2, 0.25) is 5.15 Å². The summed E-state index contributed by atoms with van der Waals surface area (Å²) in [6.07, 6.45) is 3.50. The molecule has 0 radical (unpaired) electrons.